The lowest BCUT2D eigenvalue weighted by molar-refractivity contribution is 0.324. The first-order valence-electron chi connectivity index (χ1n) is 9.80. The highest BCUT2D eigenvalue weighted by Gasteiger charge is 2.18. The quantitative estimate of drug-likeness (QED) is 0.446. The third-order valence-corrected chi connectivity index (χ3v) is 6.17. The molecule has 174 valence electrons. The van der Waals surface area contributed by atoms with Crippen LogP contribution in [0, 0.1) is 0 Å². The summed E-state index contributed by atoms with van der Waals surface area (Å²) in [7, 11) is 2.03. The second-order valence-corrected chi connectivity index (χ2v) is 8.50. The molecule has 0 saturated carbocycles. The zero-order valence-corrected chi connectivity index (χ0v) is 19.5. The molecule has 3 aromatic rings. The van der Waals surface area contributed by atoms with Crippen molar-refractivity contribution in [2.45, 2.75) is 4.90 Å². The molecule has 9 heteroatoms. The van der Waals surface area contributed by atoms with Crippen LogP contribution in [0.15, 0.2) is 59.5 Å². The van der Waals surface area contributed by atoms with E-state index in [0.29, 0.717) is 28.5 Å². The van der Waals surface area contributed by atoms with Gasteiger partial charge in [0.15, 0.2) is 23.0 Å². The van der Waals surface area contributed by atoms with E-state index in [2.05, 4.69) is 4.72 Å². The summed E-state index contributed by atoms with van der Waals surface area (Å²) in [4.78, 5) is -0.0933. The first-order valence-corrected chi connectivity index (χ1v) is 11.3. The minimum atomic E-state index is -3.95. The van der Waals surface area contributed by atoms with Gasteiger partial charge >= 0.3 is 0 Å². The molecule has 0 saturated heterocycles. The van der Waals surface area contributed by atoms with Crippen molar-refractivity contribution < 1.29 is 32.5 Å². The predicted octanol–water partition coefficient (Wildman–Crippen LogP) is 4.40. The van der Waals surface area contributed by atoms with Gasteiger partial charge < -0.3 is 24.1 Å². The lowest BCUT2D eigenvalue weighted by Gasteiger charge is -2.13. The molecular formula is C24H25NO7S. The highest BCUT2D eigenvalue weighted by Crippen LogP contribution is 2.38. The molecular weight excluding hydrogens is 446 g/mol. The number of hydrogen-bond acceptors (Lipinski definition) is 7. The Morgan fingerprint density at radius 1 is 0.788 bits per heavy atom. The molecule has 8 nitrogen and oxygen atoms in total. The maximum atomic E-state index is 12.9. The summed E-state index contributed by atoms with van der Waals surface area (Å²) >= 11 is 0. The van der Waals surface area contributed by atoms with Crippen LogP contribution in [0.1, 0.15) is 11.1 Å². The summed E-state index contributed by atoms with van der Waals surface area (Å²) in [5.74, 6) is 1.40. The average Bonchev–Trinajstić information content (AvgIpc) is 2.82. The number of nitrogens with one attached hydrogen (secondary N) is 1. The van der Waals surface area contributed by atoms with Crippen LogP contribution in [0.25, 0.3) is 12.2 Å². The highest BCUT2D eigenvalue weighted by molar-refractivity contribution is 7.92. The van der Waals surface area contributed by atoms with Gasteiger partial charge in [0.05, 0.1) is 39.0 Å². The molecule has 0 heterocycles. The number of ether oxygens (including phenoxy) is 4. The van der Waals surface area contributed by atoms with Crippen LogP contribution in [0.5, 0.6) is 28.7 Å². The Kier molecular flexibility index (Phi) is 7.34. The number of methoxy groups -OCH3 is 4. The Bertz CT molecular complexity index is 1240. The summed E-state index contributed by atoms with van der Waals surface area (Å²) in [6, 6.07) is 14.4. The average molecular weight is 472 g/mol. The molecule has 0 fully saturated rings. The summed E-state index contributed by atoms with van der Waals surface area (Å²) in [5, 5.41) is 9.95. The van der Waals surface area contributed by atoms with E-state index in [-0.39, 0.29) is 16.4 Å². The van der Waals surface area contributed by atoms with E-state index < -0.39 is 10.0 Å². The van der Waals surface area contributed by atoms with Gasteiger partial charge in [-0.05, 0) is 41.5 Å². The van der Waals surface area contributed by atoms with Gasteiger partial charge in [-0.3, -0.25) is 4.72 Å². The summed E-state index contributed by atoms with van der Waals surface area (Å²) in [6.07, 6.45) is 3.57. The van der Waals surface area contributed by atoms with Gasteiger partial charge in [-0.2, -0.15) is 0 Å². The van der Waals surface area contributed by atoms with Crippen LogP contribution in [-0.2, 0) is 10.0 Å². The van der Waals surface area contributed by atoms with Gasteiger partial charge in [-0.1, -0.05) is 30.4 Å². The third-order valence-electron chi connectivity index (χ3n) is 4.81. The zero-order chi connectivity index (χ0) is 24.0. The Hall–Kier alpha value is -3.85. The lowest BCUT2D eigenvalue weighted by Crippen LogP contribution is -2.13. The van der Waals surface area contributed by atoms with Crippen molar-refractivity contribution in [3.05, 3.63) is 65.7 Å². The van der Waals surface area contributed by atoms with Gasteiger partial charge in [0.1, 0.15) is 0 Å². The number of para-hydroxylation sites is 1. The zero-order valence-electron chi connectivity index (χ0n) is 18.7. The monoisotopic (exact) mass is 471 g/mol. The summed E-state index contributed by atoms with van der Waals surface area (Å²) < 4.78 is 49.4. The maximum absolute atomic E-state index is 12.9. The van der Waals surface area contributed by atoms with E-state index in [1.807, 2.05) is 0 Å². The van der Waals surface area contributed by atoms with Crippen molar-refractivity contribution in [2.75, 3.05) is 33.2 Å². The van der Waals surface area contributed by atoms with Gasteiger partial charge in [0, 0.05) is 6.07 Å². The minimum absolute atomic E-state index is 0.0933. The topological polar surface area (TPSA) is 103 Å². The lowest BCUT2D eigenvalue weighted by atomic mass is 10.1. The molecule has 0 spiro atoms. The van der Waals surface area contributed by atoms with Crippen LogP contribution >= 0.6 is 0 Å². The second kappa shape index (κ2) is 10.2. The molecule has 3 aromatic carbocycles. The van der Waals surface area contributed by atoms with E-state index >= 15 is 0 Å². The molecule has 0 aliphatic heterocycles. The van der Waals surface area contributed by atoms with Crippen molar-refractivity contribution in [1.29, 1.82) is 0 Å². The fourth-order valence-corrected chi connectivity index (χ4v) is 4.27. The largest absolute Gasteiger partial charge is 0.504 e. The third kappa shape index (κ3) is 5.32. The van der Waals surface area contributed by atoms with E-state index in [1.165, 1.54) is 40.6 Å². The molecule has 0 atom stereocenters. The number of sulfonamides is 1. The van der Waals surface area contributed by atoms with Gasteiger partial charge in [0.2, 0.25) is 5.75 Å². The second-order valence-electron chi connectivity index (χ2n) is 6.82. The van der Waals surface area contributed by atoms with Gasteiger partial charge in [-0.15, -0.1) is 0 Å². The first kappa shape index (κ1) is 23.8. The smallest absolute Gasteiger partial charge is 0.262 e. The fraction of sp³-hybridized carbons (Fsp3) is 0.167. The number of phenols is 1. The maximum Gasteiger partial charge on any atom is 0.262 e. The Morgan fingerprint density at radius 3 is 2.00 bits per heavy atom. The van der Waals surface area contributed by atoms with Crippen LogP contribution < -0.4 is 23.7 Å². The number of aromatic hydroxyl groups is 1. The van der Waals surface area contributed by atoms with Crippen molar-refractivity contribution >= 4 is 27.9 Å². The van der Waals surface area contributed by atoms with Crippen LogP contribution in [0.2, 0.25) is 0 Å². The Balaban J connectivity index is 1.93. The van der Waals surface area contributed by atoms with Gasteiger partial charge in [0.25, 0.3) is 10.0 Å². The predicted molar refractivity (Wildman–Crippen MR) is 127 cm³/mol. The molecule has 33 heavy (non-hydrogen) atoms. The van der Waals surface area contributed by atoms with Crippen molar-refractivity contribution in [3.63, 3.8) is 0 Å². The number of rotatable bonds is 9. The first-order chi connectivity index (χ1) is 15.8. The van der Waals surface area contributed by atoms with E-state index in [1.54, 1.807) is 48.6 Å². The van der Waals surface area contributed by atoms with E-state index in [4.69, 9.17) is 18.9 Å². The Morgan fingerprint density at radius 2 is 1.42 bits per heavy atom. The minimum Gasteiger partial charge on any atom is -0.504 e. The Labute approximate surface area is 193 Å². The molecule has 0 bridgehead atoms. The number of benzene rings is 3. The van der Waals surface area contributed by atoms with E-state index in [9.17, 15) is 13.5 Å². The van der Waals surface area contributed by atoms with E-state index in [0.717, 1.165) is 11.6 Å². The molecule has 2 N–H and O–H groups in total. The molecule has 0 amide bonds. The highest BCUT2D eigenvalue weighted by atomic mass is 32.2. The van der Waals surface area contributed by atoms with Crippen molar-refractivity contribution in [3.8, 4) is 28.7 Å². The van der Waals surface area contributed by atoms with Crippen LogP contribution in [0.3, 0.4) is 0 Å². The van der Waals surface area contributed by atoms with Crippen LogP contribution in [-0.4, -0.2) is 42.0 Å². The normalized spacial score (nSPS) is 11.3. The molecule has 0 unspecified atom stereocenters. The molecule has 0 aliphatic rings. The van der Waals surface area contributed by atoms with Crippen molar-refractivity contribution in [2.24, 2.45) is 0 Å². The number of anilines is 1. The summed E-state index contributed by atoms with van der Waals surface area (Å²) in [6.45, 7) is 0. The number of phenolic OH excluding ortho intramolecular Hbond substituents is 1. The SMILES string of the molecule is COc1ccc(S(=O)(=O)Nc2ccccc2/C=C\c2cc(OC)c(OC)c(OC)c2)cc1O. The fourth-order valence-electron chi connectivity index (χ4n) is 3.16. The molecule has 0 aliphatic carbocycles. The van der Waals surface area contributed by atoms with Crippen molar-refractivity contribution in [1.82, 2.24) is 0 Å². The van der Waals surface area contributed by atoms with Crippen LogP contribution in [0.4, 0.5) is 5.69 Å². The number of hydrogen-bond donors (Lipinski definition) is 2. The molecule has 0 radical (unpaired) electrons. The molecule has 3 rings (SSSR count). The van der Waals surface area contributed by atoms with Gasteiger partial charge in [-0.25, -0.2) is 8.42 Å². The molecule has 0 aromatic heterocycles. The summed E-state index contributed by atoms with van der Waals surface area (Å²) in [5.41, 5.74) is 1.77. The standard InChI is InChI=1S/C24H25NO7S/c1-29-21-12-11-18(15-20(21)26)33(27,28)25-19-8-6-5-7-17(19)10-9-16-13-22(30-2)24(32-4)23(14-16)31-3/h5-15,25-26H,1-4H3/b10-9-.